The summed E-state index contributed by atoms with van der Waals surface area (Å²) >= 11 is 9.85. The summed E-state index contributed by atoms with van der Waals surface area (Å²) in [6.07, 6.45) is 0.326. The highest BCUT2D eigenvalue weighted by Crippen LogP contribution is 2.42. The molecule has 2 atom stereocenters. The van der Waals surface area contributed by atoms with Crippen LogP contribution in [0.3, 0.4) is 0 Å². The van der Waals surface area contributed by atoms with E-state index >= 15 is 0 Å². The molecule has 0 saturated heterocycles. The molecule has 2 aromatic rings. The van der Waals surface area contributed by atoms with Crippen molar-refractivity contribution in [2.24, 2.45) is 11.8 Å². The van der Waals surface area contributed by atoms with Crippen molar-refractivity contribution >= 4 is 135 Å². The highest BCUT2D eigenvalue weighted by Gasteiger charge is 2.51. The molecule has 0 heterocycles. The van der Waals surface area contributed by atoms with Gasteiger partial charge in [-0.15, -0.1) is 0 Å². The molecule has 0 aliphatic heterocycles. The Labute approximate surface area is 240 Å². The lowest BCUT2D eigenvalue weighted by atomic mass is 10.3. The SMILES string of the molecule is O=C(Oc1cc(I)c(S(=O)(=O)O)c(I)c1)C1CC1C(=O)Oc1c(I)cc(I)cc1I. The van der Waals surface area contributed by atoms with Crippen LogP contribution in [0.2, 0.25) is 0 Å². The maximum atomic E-state index is 12.5. The first-order valence-electron chi connectivity index (χ1n) is 7.93. The van der Waals surface area contributed by atoms with E-state index in [-0.39, 0.29) is 17.8 Å². The molecule has 2 unspecified atom stereocenters. The van der Waals surface area contributed by atoms with Crippen molar-refractivity contribution < 1.29 is 32.0 Å². The smallest absolute Gasteiger partial charge is 0.315 e. The predicted molar refractivity (Wildman–Crippen MR) is 149 cm³/mol. The lowest BCUT2D eigenvalue weighted by Gasteiger charge is -2.10. The minimum absolute atomic E-state index is 0.141. The molecule has 2 aromatic carbocycles. The van der Waals surface area contributed by atoms with Crippen LogP contribution in [0, 0.1) is 29.7 Å². The Bertz CT molecular complexity index is 1120. The Hall–Kier alpha value is 0.940. The second-order valence-corrected chi connectivity index (χ2v) is 13.4. The van der Waals surface area contributed by atoms with Gasteiger partial charge in [0.05, 0.1) is 19.0 Å². The molecule has 7 nitrogen and oxygen atoms in total. The molecule has 30 heavy (non-hydrogen) atoms. The summed E-state index contributed by atoms with van der Waals surface area (Å²) in [4.78, 5) is 24.6. The second-order valence-electron chi connectivity index (χ2n) is 6.18. The van der Waals surface area contributed by atoms with Gasteiger partial charge < -0.3 is 9.47 Å². The van der Waals surface area contributed by atoms with Gasteiger partial charge in [-0.25, -0.2) is 0 Å². The summed E-state index contributed by atoms with van der Waals surface area (Å²) in [6.45, 7) is 0. The first-order chi connectivity index (χ1) is 13.9. The average molecular weight is 992 g/mol. The van der Waals surface area contributed by atoms with Crippen LogP contribution >= 0.6 is 113 Å². The number of esters is 2. The molecule has 1 N–H and O–H groups in total. The number of carbonyl (C=O) groups excluding carboxylic acids is 2. The van der Waals surface area contributed by atoms with E-state index in [2.05, 4.69) is 67.8 Å². The molecule has 0 aromatic heterocycles. The molecule has 0 amide bonds. The third-order valence-electron chi connectivity index (χ3n) is 4.01. The fourth-order valence-electron chi connectivity index (χ4n) is 2.55. The van der Waals surface area contributed by atoms with Gasteiger partial charge in [-0.3, -0.25) is 14.1 Å². The van der Waals surface area contributed by atoms with E-state index in [1.54, 1.807) is 45.2 Å². The summed E-state index contributed by atoms with van der Waals surface area (Å²) in [5.74, 6) is -1.66. The van der Waals surface area contributed by atoms with E-state index in [4.69, 9.17) is 9.47 Å². The molecule has 0 spiro atoms. The fourth-order valence-corrected chi connectivity index (χ4v) is 10.3. The molecule has 1 fully saturated rings. The molecule has 3 rings (SSSR count). The van der Waals surface area contributed by atoms with Crippen molar-refractivity contribution in [2.75, 3.05) is 0 Å². The number of rotatable bonds is 5. The van der Waals surface area contributed by atoms with Crippen molar-refractivity contribution in [1.29, 1.82) is 0 Å². The predicted octanol–water partition coefficient (Wildman–Crippen LogP) is 5.10. The third-order valence-corrected chi connectivity index (χ3v) is 9.62. The highest BCUT2D eigenvalue weighted by atomic mass is 127. The maximum absolute atomic E-state index is 12.5. The van der Waals surface area contributed by atoms with Gasteiger partial charge in [-0.2, -0.15) is 8.42 Å². The molecular weight excluding hydrogens is 983 g/mol. The van der Waals surface area contributed by atoms with Gasteiger partial charge in [0.25, 0.3) is 10.1 Å². The molecule has 1 aliphatic carbocycles. The van der Waals surface area contributed by atoms with Crippen molar-refractivity contribution in [3.8, 4) is 11.5 Å². The van der Waals surface area contributed by atoms with E-state index in [9.17, 15) is 22.6 Å². The van der Waals surface area contributed by atoms with Crippen molar-refractivity contribution in [3.63, 3.8) is 0 Å². The number of hydrogen-bond acceptors (Lipinski definition) is 6. The second kappa shape index (κ2) is 10.1. The maximum Gasteiger partial charge on any atom is 0.315 e. The van der Waals surface area contributed by atoms with Gasteiger partial charge in [-0.05, 0) is 144 Å². The van der Waals surface area contributed by atoms with Crippen LogP contribution in [0.1, 0.15) is 6.42 Å². The Morgan fingerprint density at radius 1 is 0.833 bits per heavy atom. The summed E-state index contributed by atoms with van der Waals surface area (Å²) in [6, 6.07) is 6.47. The Balaban J connectivity index is 1.67. The molecule has 13 heteroatoms. The zero-order chi connectivity index (χ0) is 22.4. The van der Waals surface area contributed by atoms with Crippen LogP contribution < -0.4 is 9.47 Å². The number of benzene rings is 2. The fraction of sp³-hybridized carbons (Fsp3) is 0.176. The van der Waals surface area contributed by atoms with E-state index in [0.717, 1.165) is 10.7 Å². The minimum Gasteiger partial charge on any atom is -0.426 e. The summed E-state index contributed by atoms with van der Waals surface area (Å²) in [5, 5.41) is 0. The number of ether oxygens (including phenoxy) is 2. The third kappa shape index (κ3) is 6.08. The molecular formula is C17H9I5O7S. The lowest BCUT2D eigenvalue weighted by Crippen LogP contribution is -2.18. The molecule has 1 saturated carbocycles. The quantitative estimate of drug-likeness (QED) is 0.193. The summed E-state index contributed by atoms with van der Waals surface area (Å²) < 4.78 is 46.1. The van der Waals surface area contributed by atoms with Crippen LogP contribution in [0.5, 0.6) is 11.5 Å². The first kappa shape index (κ1) is 25.6. The van der Waals surface area contributed by atoms with Gasteiger partial charge in [0.15, 0.2) is 5.75 Å². The van der Waals surface area contributed by atoms with E-state index in [1.165, 1.54) is 12.1 Å². The largest absolute Gasteiger partial charge is 0.426 e. The molecule has 0 bridgehead atoms. The average Bonchev–Trinajstić information content (AvgIpc) is 3.36. The number of halogens is 5. The molecule has 0 radical (unpaired) electrons. The Morgan fingerprint density at radius 2 is 1.30 bits per heavy atom. The van der Waals surface area contributed by atoms with Crippen LogP contribution in [-0.2, 0) is 19.7 Å². The van der Waals surface area contributed by atoms with E-state index in [0.29, 0.717) is 12.2 Å². The van der Waals surface area contributed by atoms with Crippen LogP contribution in [0.4, 0.5) is 0 Å². The van der Waals surface area contributed by atoms with E-state index < -0.39 is 33.9 Å². The topological polar surface area (TPSA) is 107 Å². The van der Waals surface area contributed by atoms with Gasteiger partial charge >= 0.3 is 11.9 Å². The molecule has 1 aliphatic rings. The summed E-state index contributed by atoms with van der Waals surface area (Å²) in [7, 11) is -4.39. The van der Waals surface area contributed by atoms with Crippen LogP contribution in [0.15, 0.2) is 29.2 Å². The van der Waals surface area contributed by atoms with Crippen molar-refractivity contribution in [3.05, 3.63) is 42.1 Å². The van der Waals surface area contributed by atoms with Crippen molar-refractivity contribution in [1.82, 2.24) is 0 Å². The monoisotopic (exact) mass is 992 g/mol. The first-order valence-corrected chi connectivity index (χ1v) is 14.8. The van der Waals surface area contributed by atoms with Gasteiger partial charge in [0.2, 0.25) is 0 Å². The number of hydrogen-bond donors (Lipinski definition) is 1. The molecule has 160 valence electrons. The van der Waals surface area contributed by atoms with Crippen LogP contribution in [-0.4, -0.2) is 24.9 Å². The standard InChI is InChI=1S/C17H9I5O7S/c18-6-1-10(19)14(11(20)2-6)29-17(24)9-5-8(9)16(23)28-7-3-12(21)15(13(22)4-7)30(25,26)27/h1-4,8-9H,5H2,(H,25,26,27). The van der Waals surface area contributed by atoms with E-state index in [1.807, 2.05) is 12.1 Å². The van der Waals surface area contributed by atoms with Crippen molar-refractivity contribution in [2.45, 2.75) is 11.3 Å². The van der Waals surface area contributed by atoms with Gasteiger partial charge in [0, 0.05) is 10.7 Å². The lowest BCUT2D eigenvalue weighted by molar-refractivity contribution is -0.141. The Kier molecular flexibility index (Phi) is 8.57. The highest BCUT2D eigenvalue weighted by molar-refractivity contribution is 14.1. The Morgan fingerprint density at radius 3 is 1.77 bits per heavy atom. The van der Waals surface area contributed by atoms with Gasteiger partial charge in [0.1, 0.15) is 10.6 Å². The number of carbonyl (C=O) groups is 2. The van der Waals surface area contributed by atoms with Gasteiger partial charge in [-0.1, -0.05) is 0 Å². The minimum atomic E-state index is -4.39. The zero-order valence-corrected chi connectivity index (χ0v) is 26.0. The zero-order valence-electron chi connectivity index (χ0n) is 14.4. The normalized spacial score (nSPS) is 18.1. The summed E-state index contributed by atoms with van der Waals surface area (Å²) in [5.41, 5.74) is 0. The van der Waals surface area contributed by atoms with Crippen LogP contribution in [0.25, 0.3) is 0 Å².